The van der Waals surface area contributed by atoms with E-state index in [-0.39, 0.29) is 0 Å². The molecule has 0 amide bonds. The molecule has 1 aliphatic heterocycles. The molecule has 1 aliphatic rings. The van der Waals surface area contributed by atoms with E-state index < -0.39 is 18.1 Å². The van der Waals surface area contributed by atoms with Gasteiger partial charge in [0.25, 0.3) is 0 Å². The van der Waals surface area contributed by atoms with Crippen molar-refractivity contribution in [2.45, 2.75) is 38.3 Å². The molecule has 0 spiro atoms. The smallest absolute Gasteiger partial charge is 0.331 e. The van der Waals surface area contributed by atoms with Crippen LogP contribution in [0.3, 0.4) is 0 Å². The molecular weight excluding hydrogens is 312 g/mol. The topological polar surface area (TPSA) is 117 Å². The SMILES string of the molecule is C[C@@H](O)[C@@H](C(=O)O)n1cc(-c2cnc(N3CCCCC3)nc2)nn1. The summed E-state index contributed by atoms with van der Waals surface area (Å²) in [6, 6.07) is -1.18. The van der Waals surface area contributed by atoms with Gasteiger partial charge in [-0.2, -0.15) is 0 Å². The summed E-state index contributed by atoms with van der Waals surface area (Å²) in [7, 11) is 0. The Labute approximate surface area is 139 Å². The van der Waals surface area contributed by atoms with Crippen molar-refractivity contribution in [2.75, 3.05) is 18.0 Å². The molecule has 3 heterocycles. The third-order valence-corrected chi connectivity index (χ3v) is 4.08. The molecule has 0 unspecified atom stereocenters. The number of carboxylic acids is 1. The van der Waals surface area contributed by atoms with E-state index in [1.54, 1.807) is 12.4 Å². The molecule has 128 valence electrons. The Kier molecular flexibility index (Phi) is 4.70. The molecule has 9 heteroatoms. The number of aromatic nitrogens is 5. The molecular formula is C15H20N6O3. The summed E-state index contributed by atoms with van der Waals surface area (Å²) in [4.78, 5) is 22.1. The highest BCUT2D eigenvalue weighted by molar-refractivity contribution is 5.72. The molecule has 0 bridgehead atoms. The van der Waals surface area contributed by atoms with E-state index in [1.807, 2.05) is 0 Å². The van der Waals surface area contributed by atoms with Gasteiger partial charge in [0.2, 0.25) is 5.95 Å². The molecule has 24 heavy (non-hydrogen) atoms. The predicted octanol–water partition coefficient (Wildman–Crippen LogP) is 0.732. The molecule has 2 atom stereocenters. The van der Waals surface area contributed by atoms with Crippen LogP contribution in [0.25, 0.3) is 11.3 Å². The first kappa shape index (κ1) is 16.3. The summed E-state index contributed by atoms with van der Waals surface area (Å²) in [5.74, 6) is -0.476. The lowest BCUT2D eigenvalue weighted by atomic mass is 10.1. The summed E-state index contributed by atoms with van der Waals surface area (Å²) in [5.41, 5.74) is 1.11. The van der Waals surface area contributed by atoms with Gasteiger partial charge in [-0.3, -0.25) is 0 Å². The van der Waals surface area contributed by atoms with Crippen LogP contribution in [-0.4, -0.2) is 60.3 Å². The van der Waals surface area contributed by atoms with Crippen LogP contribution >= 0.6 is 0 Å². The zero-order valence-corrected chi connectivity index (χ0v) is 13.4. The zero-order valence-electron chi connectivity index (χ0n) is 13.4. The number of anilines is 1. The van der Waals surface area contributed by atoms with E-state index in [4.69, 9.17) is 0 Å². The van der Waals surface area contributed by atoms with Crippen molar-refractivity contribution in [3.8, 4) is 11.3 Å². The molecule has 0 saturated carbocycles. The lowest BCUT2D eigenvalue weighted by Crippen LogP contribution is -2.30. The van der Waals surface area contributed by atoms with E-state index in [2.05, 4.69) is 25.2 Å². The summed E-state index contributed by atoms with van der Waals surface area (Å²) < 4.78 is 1.14. The van der Waals surface area contributed by atoms with Crippen LogP contribution in [0.5, 0.6) is 0 Å². The first-order chi connectivity index (χ1) is 11.6. The van der Waals surface area contributed by atoms with Gasteiger partial charge in [-0.15, -0.1) is 5.10 Å². The van der Waals surface area contributed by atoms with Crippen LogP contribution in [0.15, 0.2) is 18.6 Å². The van der Waals surface area contributed by atoms with Gasteiger partial charge in [0.1, 0.15) is 5.69 Å². The van der Waals surface area contributed by atoms with Crippen molar-refractivity contribution < 1.29 is 15.0 Å². The molecule has 2 aromatic rings. The number of nitrogens with zero attached hydrogens (tertiary/aromatic N) is 6. The predicted molar refractivity (Wildman–Crippen MR) is 85.5 cm³/mol. The molecule has 9 nitrogen and oxygen atoms in total. The first-order valence-electron chi connectivity index (χ1n) is 7.96. The average Bonchev–Trinajstić information content (AvgIpc) is 3.04. The Balaban J connectivity index is 1.78. The molecule has 3 rings (SSSR count). The number of hydrogen-bond donors (Lipinski definition) is 2. The Bertz CT molecular complexity index is 693. The van der Waals surface area contributed by atoms with Gasteiger partial charge in [-0.05, 0) is 26.2 Å². The number of carboxylic acid groups (broad SMARTS) is 1. The van der Waals surface area contributed by atoms with Crippen molar-refractivity contribution in [3.05, 3.63) is 18.6 Å². The average molecular weight is 332 g/mol. The summed E-state index contributed by atoms with van der Waals surface area (Å²) in [6.45, 7) is 3.32. The maximum Gasteiger partial charge on any atom is 0.331 e. The highest BCUT2D eigenvalue weighted by atomic mass is 16.4. The van der Waals surface area contributed by atoms with E-state index in [1.165, 1.54) is 19.5 Å². The van der Waals surface area contributed by atoms with Crippen molar-refractivity contribution >= 4 is 11.9 Å². The zero-order chi connectivity index (χ0) is 17.1. The molecule has 1 fully saturated rings. The van der Waals surface area contributed by atoms with Crippen molar-refractivity contribution in [1.82, 2.24) is 25.0 Å². The van der Waals surface area contributed by atoms with Crippen LogP contribution in [0.2, 0.25) is 0 Å². The maximum absolute atomic E-state index is 11.2. The third kappa shape index (κ3) is 3.35. The van der Waals surface area contributed by atoms with Gasteiger partial charge in [0.15, 0.2) is 6.04 Å². The fourth-order valence-corrected chi connectivity index (χ4v) is 2.80. The first-order valence-corrected chi connectivity index (χ1v) is 7.96. The van der Waals surface area contributed by atoms with Crippen LogP contribution in [0, 0.1) is 0 Å². The number of aliphatic hydroxyl groups is 1. The van der Waals surface area contributed by atoms with Crippen LogP contribution in [-0.2, 0) is 4.79 Å². The second-order valence-electron chi connectivity index (χ2n) is 5.93. The second-order valence-corrected chi connectivity index (χ2v) is 5.93. The highest BCUT2D eigenvalue weighted by Crippen LogP contribution is 2.20. The van der Waals surface area contributed by atoms with Crippen molar-refractivity contribution in [1.29, 1.82) is 0 Å². The van der Waals surface area contributed by atoms with Crippen LogP contribution in [0.1, 0.15) is 32.2 Å². The lowest BCUT2D eigenvalue weighted by Gasteiger charge is -2.26. The third-order valence-electron chi connectivity index (χ3n) is 4.08. The fraction of sp³-hybridized carbons (Fsp3) is 0.533. The highest BCUT2D eigenvalue weighted by Gasteiger charge is 2.26. The number of aliphatic carboxylic acids is 1. The Hall–Kier alpha value is -2.55. The standard InChI is InChI=1S/C15H20N6O3/c1-10(22)13(14(23)24)21-9-12(18-19-21)11-7-16-15(17-8-11)20-5-3-2-4-6-20/h7-10,13,22H,2-6H2,1H3,(H,23,24)/t10-,13+/m1/s1. The maximum atomic E-state index is 11.2. The summed E-state index contributed by atoms with van der Waals surface area (Å²) in [6.07, 6.45) is 7.24. The minimum Gasteiger partial charge on any atom is -0.480 e. The number of piperidine rings is 1. The number of hydrogen-bond acceptors (Lipinski definition) is 7. The minimum atomic E-state index is -1.18. The quantitative estimate of drug-likeness (QED) is 0.823. The van der Waals surface area contributed by atoms with Gasteiger partial charge in [-0.25, -0.2) is 19.4 Å². The van der Waals surface area contributed by atoms with Crippen LogP contribution in [0.4, 0.5) is 5.95 Å². The molecule has 0 aromatic carbocycles. The monoisotopic (exact) mass is 332 g/mol. The van der Waals surface area contributed by atoms with Crippen LogP contribution < -0.4 is 4.90 Å². The molecule has 1 saturated heterocycles. The number of carbonyl (C=O) groups is 1. The Morgan fingerprint density at radius 2 is 1.88 bits per heavy atom. The molecule has 2 N–H and O–H groups in total. The largest absolute Gasteiger partial charge is 0.480 e. The Morgan fingerprint density at radius 3 is 2.46 bits per heavy atom. The van der Waals surface area contributed by atoms with Crippen molar-refractivity contribution in [2.24, 2.45) is 0 Å². The summed E-state index contributed by atoms with van der Waals surface area (Å²) >= 11 is 0. The minimum absolute atomic E-state index is 0.465. The summed E-state index contributed by atoms with van der Waals surface area (Å²) in [5, 5.41) is 26.5. The Morgan fingerprint density at radius 1 is 1.21 bits per heavy atom. The van der Waals surface area contributed by atoms with Gasteiger partial charge < -0.3 is 15.1 Å². The van der Waals surface area contributed by atoms with E-state index >= 15 is 0 Å². The van der Waals surface area contributed by atoms with E-state index in [0.717, 1.165) is 30.6 Å². The lowest BCUT2D eigenvalue weighted by molar-refractivity contribution is -0.144. The molecule has 2 aromatic heterocycles. The van der Waals surface area contributed by atoms with E-state index in [9.17, 15) is 15.0 Å². The normalized spacial score (nSPS) is 17.5. The molecule has 0 radical (unpaired) electrons. The molecule has 0 aliphatic carbocycles. The van der Waals surface area contributed by atoms with Gasteiger partial charge in [0.05, 0.1) is 12.3 Å². The fourth-order valence-electron chi connectivity index (χ4n) is 2.80. The van der Waals surface area contributed by atoms with E-state index in [0.29, 0.717) is 17.2 Å². The van der Waals surface area contributed by atoms with Gasteiger partial charge in [-0.1, -0.05) is 5.21 Å². The van der Waals surface area contributed by atoms with Crippen molar-refractivity contribution in [3.63, 3.8) is 0 Å². The van der Waals surface area contributed by atoms with Gasteiger partial charge >= 0.3 is 5.97 Å². The number of rotatable bonds is 5. The second kappa shape index (κ2) is 6.91. The number of aliphatic hydroxyl groups excluding tert-OH is 1. The van der Waals surface area contributed by atoms with Gasteiger partial charge in [0, 0.05) is 31.0 Å².